The van der Waals surface area contributed by atoms with Crippen LogP contribution in [0.5, 0.6) is 0 Å². The lowest BCUT2D eigenvalue weighted by atomic mass is 10.1. The molecule has 1 saturated heterocycles. The predicted octanol–water partition coefficient (Wildman–Crippen LogP) is 1.21. The number of nitrogens with zero attached hydrogens (tertiary/aromatic N) is 3. The molecule has 2 heterocycles. The zero-order valence-electron chi connectivity index (χ0n) is 11.1. The summed E-state index contributed by atoms with van der Waals surface area (Å²) < 4.78 is 4.78. The van der Waals surface area contributed by atoms with E-state index in [2.05, 4.69) is 20.4 Å². The molecule has 19 heavy (non-hydrogen) atoms. The monoisotopic (exact) mass is 380 g/mol. The van der Waals surface area contributed by atoms with Crippen molar-refractivity contribution in [3.63, 3.8) is 0 Å². The van der Waals surface area contributed by atoms with Crippen LogP contribution in [0.3, 0.4) is 0 Å². The third kappa shape index (κ3) is 4.98. The lowest BCUT2D eigenvalue weighted by Crippen LogP contribution is -2.46. The molecular formula is C12H21IN4O2. The summed E-state index contributed by atoms with van der Waals surface area (Å²) in [6.07, 6.45) is 2.98. The van der Waals surface area contributed by atoms with E-state index in [0.717, 1.165) is 44.1 Å². The van der Waals surface area contributed by atoms with Crippen LogP contribution in [0, 0.1) is 0 Å². The molecule has 0 bridgehead atoms. The average molecular weight is 380 g/mol. The van der Waals surface area contributed by atoms with Gasteiger partial charge in [-0.15, -0.1) is 24.0 Å². The molecule has 1 aromatic heterocycles. The van der Waals surface area contributed by atoms with Gasteiger partial charge in [0.1, 0.15) is 12.0 Å². The van der Waals surface area contributed by atoms with Crippen molar-refractivity contribution in [2.75, 3.05) is 19.6 Å². The van der Waals surface area contributed by atoms with Crippen LogP contribution in [0.15, 0.2) is 21.8 Å². The van der Waals surface area contributed by atoms with Crippen molar-refractivity contribution in [3.05, 3.63) is 18.0 Å². The Bertz CT molecular complexity index is 375. The summed E-state index contributed by atoms with van der Waals surface area (Å²) in [5, 5.41) is 16.6. The van der Waals surface area contributed by atoms with Crippen molar-refractivity contribution in [3.8, 4) is 0 Å². The van der Waals surface area contributed by atoms with E-state index in [-0.39, 0.29) is 30.1 Å². The highest BCUT2D eigenvalue weighted by molar-refractivity contribution is 14.0. The van der Waals surface area contributed by atoms with Gasteiger partial charge in [-0.05, 0) is 19.8 Å². The molecule has 1 aliphatic rings. The minimum absolute atomic E-state index is 0. The molecule has 0 atom stereocenters. The van der Waals surface area contributed by atoms with E-state index in [0.29, 0.717) is 6.54 Å². The number of hydrogen-bond acceptors (Lipinski definition) is 4. The van der Waals surface area contributed by atoms with Gasteiger partial charge in [-0.25, -0.2) is 4.99 Å². The van der Waals surface area contributed by atoms with Crippen LogP contribution in [0.2, 0.25) is 0 Å². The van der Waals surface area contributed by atoms with E-state index >= 15 is 0 Å². The highest BCUT2D eigenvalue weighted by Crippen LogP contribution is 2.10. The number of hydrogen-bond donors (Lipinski definition) is 2. The normalized spacial score (nSPS) is 17.2. The molecule has 0 saturated carbocycles. The SMILES string of the molecule is CCNC(=NCc1ccon1)N1CCC(O)CC1.I. The van der Waals surface area contributed by atoms with Crippen molar-refractivity contribution in [2.45, 2.75) is 32.4 Å². The molecule has 0 radical (unpaired) electrons. The summed E-state index contributed by atoms with van der Waals surface area (Å²) >= 11 is 0. The summed E-state index contributed by atoms with van der Waals surface area (Å²) in [5.41, 5.74) is 0.822. The van der Waals surface area contributed by atoms with Gasteiger partial charge >= 0.3 is 0 Å². The first kappa shape index (κ1) is 16.2. The lowest BCUT2D eigenvalue weighted by molar-refractivity contribution is 0.108. The van der Waals surface area contributed by atoms with Crippen LogP contribution in [-0.4, -0.2) is 46.9 Å². The Hall–Kier alpha value is -0.830. The maximum atomic E-state index is 9.51. The summed E-state index contributed by atoms with van der Waals surface area (Å²) in [6, 6.07) is 1.81. The zero-order valence-corrected chi connectivity index (χ0v) is 13.4. The fraction of sp³-hybridized carbons (Fsp3) is 0.667. The van der Waals surface area contributed by atoms with Gasteiger partial charge in [0.05, 0.1) is 12.6 Å². The van der Waals surface area contributed by atoms with E-state index in [9.17, 15) is 5.11 Å². The second-order valence-corrected chi connectivity index (χ2v) is 4.38. The minimum Gasteiger partial charge on any atom is -0.393 e. The summed E-state index contributed by atoms with van der Waals surface area (Å²) in [4.78, 5) is 6.71. The fourth-order valence-electron chi connectivity index (χ4n) is 1.98. The van der Waals surface area contributed by atoms with Gasteiger partial charge in [0.25, 0.3) is 0 Å². The second-order valence-electron chi connectivity index (χ2n) is 4.38. The summed E-state index contributed by atoms with van der Waals surface area (Å²) in [7, 11) is 0. The summed E-state index contributed by atoms with van der Waals surface area (Å²) in [5.74, 6) is 0.882. The molecule has 6 nitrogen and oxygen atoms in total. The number of halogens is 1. The van der Waals surface area contributed by atoms with Crippen molar-refractivity contribution in [2.24, 2.45) is 4.99 Å². The number of aromatic nitrogens is 1. The number of aliphatic imine (C=N–C) groups is 1. The molecule has 2 N–H and O–H groups in total. The number of likely N-dealkylation sites (tertiary alicyclic amines) is 1. The molecule has 1 fully saturated rings. The smallest absolute Gasteiger partial charge is 0.194 e. The first-order valence-electron chi connectivity index (χ1n) is 6.40. The molecule has 1 aromatic rings. The molecule has 108 valence electrons. The van der Waals surface area contributed by atoms with Crippen molar-refractivity contribution >= 4 is 29.9 Å². The number of nitrogens with one attached hydrogen (secondary N) is 1. The van der Waals surface area contributed by atoms with E-state index < -0.39 is 0 Å². The maximum Gasteiger partial charge on any atom is 0.194 e. The predicted molar refractivity (Wildman–Crippen MR) is 83.5 cm³/mol. The molecule has 0 aliphatic carbocycles. The molecule has 0 spiro atoms. The van der Waals surface area contributed by atoms with Gasteiger partial charge in [0.15, 0.2) is 5.96 Å². The molecule has 0 unspecified atom stereocenters. The van der Waals surface area contributed by atoms with Crippen LogP contribution in [0.25, 0.3) is 0 Å². The molecule has 2 rings (SSSR count). The lowest BCUT2D eigenvalue weighted by Gasteiger charge is -2.32. The maximum absolute atomic E-state index is 9.51. The topological polar surface area (TPSA) is 73.9 Å². The number of guanidine groups is 1. The van der Waals surface area contributed by atoms with E-state index in [1.54, 1.807) is 6.26 Å². The molecule has 7 heteroatoms. The average Bonchev–Trinajstić information content (AvgIpc) is 2.89. The third-order valence-electron chi connectivity index (χ3n) is 2.98. The van der Waals surface area contributed by atoms with Crippen LogP contribution in [-0.2, 0) is 6.54 Å². The molecule has 1 aliphatic heterocycles. The van der Waals surface area contributed by atoms with E-state index in [1.807, 2.05) is 13.0 Å². The van der Waals surface area contributed by atoms with E-state index in [4.69, 9.17) is 4.52 Å². The van der Waals surface area contributed by atoms with Gasteiger partial charge in [0, 0.05) is 25.7 Å². The quantitative estimate of drug-likeness (QED) is 0.469. The first-order chi connectivity index (χ1) is 8.79. The Balaban J connectivity index is 0.00000180. The second kappa shape index (κ2) is 8.36. The largest absolute Gasteiger partial charge is 0.393 e. The highest BCUT2D eigenvalue weighted by atomic mass is 127. The Morgan fingerprint density at radius 3 is 2.89 bits per heavy atom. The van der Waals surface area contributed by atoms with Crippen LogP contribution < -0.4 is 5.32 Å². The van der Waals surface area contributed by atoms with Crippen molar-refractivity contribution < 1.29 is 9.63 Å². The van der Waals surface area contributed by atoms with Gasteiger partial charge in [-0.2, -0.15) is 0 Å². The number of piperidine rings is 1. The van der Waals surface area contributed by atoms with Crippen molar-refractivity contribution in [1.29, 1.82) is 0 Å². The number of rotatable bonds is 3. The number of aliphatic hydroxyl groups is 1. The van der Waals surface area contributed by atoms with Crippen LogP contribution >= 0.6 is 24.0 Å². The van der Waals surface area contributed by atoms with Gasteiger partial charge < -0.3 is 19.8 Å². The highest BCUT2D eigenvalue weighted by Gasteiger charge is 2.19. The molecule has 0 amide bonds. The van der Waals surface area contributed by atoms with Crippen molar-refractivity contribution in [1.82, 2.24) is 15.4 Å². The Labute approximate surface area is 130 Å². The Kier molecular flexibility index (Phi) is 7.14. The van der Waals surface area contributed by atoms with E-state index in [1.165, 1.54) is 0 Å². The molecule has 0 aromatic carbocycles. The number of aliphatic hydroxyl groups excluding tert-OH is 1. The van der Waals surface area contributed by atoms with Crippen LogP contribution in [0.1, 0.15) is 25.5 Å². The molecular weight excluding hydrogens is 359 g/mol. The summed E-state index contributed by atoms with van der Waals surface area (Å²) in [6.45, 7) is 5.07. The van der Waals surface area contributed by atoms with Gasteiger partial charge in [-0.1, -0.05) is 5.16 Å². The first-order valence-corrected chi connectivity index (χ1v) is 6.40. The Morgan fingerprint density at radius 2 is 2.32 bits per heavy atom. The minimum atomic E-state index is -0.167. The van der Waals surface area contributed by atoms with Crippen LogP contribution in [0.4, 0.5) is 0 Å². The van der Waals surface area contributed by atoms with Gasteiger partial charge in [0.2, 0.25) is 0 Å². The Morgan fingerprint density at radius 1 is 1.58 bits per heavy atom. The zero-order chi connectivity index (χ0) is 12.8. The van der Waals surface area contributed by atoms with Gasteiger partial charge in [-0.3, -0.25) is 0 Å². The fourth-order valence-corrected chi connectivity index (χ4v) is 1.98. The standard InChI is InChI=1S/C12H20N4O2.HI/c1-2-13-12(14-9-10-5-8-18-15-10)16-6-3-11(17)4-7-16;/h5,8,11,17H,2-4,6-7,9H2,1H3,(H,13,14);1H. The third-order valence-corrected chi connectivity index (χ3v) is 2.98.